The molecule has 0 bridgehead atoms. The van der Waals surface area contributed by atoms with Crippen molar-refractivity contribution in [2.45, 2.75) is 19.3 Å². The van der Waals surface area contributed by atoms with Gasteiger partial charge in [-0.15, -0.1) is 0 Å². The SMILES string of the molecule is NCC1CCc2ccc(OCC(=O)O)cc2C1. The molecule has 0 spiro atoms. The predicted molar refractivity (Wildman–Crippen MR) is 64.1 cm³/mol. The number of aliphatic carboxylic acids is 1. The highest BCUT2D eigenvalue weighted by atomic mass is 16.5. The van der Waals surface area contributed by atoms with E-state index in [-0.39, 0.29) is 6.61 Å². The molecule has 0 aliphatic heterocycles. The first-order valence-electron chi connectivity index (χ1n) is 5.85. The van der Waals surface area contributed by atoms with Crippen LogP contribution in [0.25, 0.3) is 0 Å². The summed E-state index contributed by atoms with van der Waals surface area (Å²) < 4.78 is 5.17. The molecule has 0 radical (unpaired) electrons. The van der Waals surface area contributed by atoms with Crippen molar-refractivity contribution in [1.29, 1.82) is 0 Å². The number of hydrogen-bond donors (Lipinski definition) is 2. The van der Waals surface area contributed by atoms with Crippen molar-refractivity contribution >= 4 is 5.97 Å². The van der Waals surface area contributed by atoms with E-state index in [1.807, 2.05) is 18.2 Å². The summed E-state index contributed by atoms with van der Waals surface area (Å²) >= 11 is 0. The lowest BCUT2D eigenvalue weighted by atomic mass is 9.84. The Balaban J connectivity index is 2.09. The van der Waals surface area contributed by atoms with Gasteiger partial charge >= 0.3 is 5.97 Å². The highest BCUT2D eigenvalue weighted by Gasteiger charge is 2.17. The van der Waals surface area contributed by atoms with Crippen LogP contribution in [0.15, 0.2) is 18.2 Å². The van der Waals surface area contributed by atoms with Crippen LogP contribution >= 0.6 is 0 Å². The molecule has 1 unspecified atom stereocenters. The molecule has 4 heteroatoms. The smallest absolute Gasteiger partial charge is 0.341 e. The quantitative estimate of drug-likeness (QED) is 0.822. The van der Waals surface area contributed by atoms with E-state index >= 15 is 0 Å². The first kappa shape index (κ1) is 11.9. The summed E-state index contributed by atoms with van der Waals surface area (Å²) in [7, 11) is 0. The van der Waals surface area contributed by atoms with Gasteiger partial charge in [0.05, 0.1) is 0 Å². The van der Waals surface area contributed by atoms with E-state index in [0.29, 0.717) is 18.2 Å². The molecule has 4 nitrogen and oxygen atoms in total. The lowest BCUT2D eigenvalue weighted by molar-refractivity contribution is -0.139. The number of ether oxygens (including phenoxy) is 1. The Morgan fingerprint density at radius 2 is 2.29 bits per heavy atom. The average Bonchev–Trinajstić information content (AvgIpc) is 2.35. The van der Waals surface area contributed by atoms with E-state index < -0.39 is 5.97 Å². The fraction of sp³-hybridized carbons (Fsp3) is 0.462. The number of nitrogens with two attached hydrogens (primary N) is 1. The molecule has 1 aromatic rings. The second-order valence-corrected chi connectivity index (χ2v) is 4.46. The van der Waals surface area contributed by atoms with Crippen LogP contribution in [0.3, 0.4) is 0 Å². The Hall–Kier alpha value is -1.55. The van der Waals surface area contributed by atoms with Crippen LogP contribution in [-0.2, 0) is 17.6 Å². The molecule has 0 heterocycles. The van der Waals surface area contributed by atoms with Crippen LogP contribution in [0.1, 0.15) is 17.5 Å². The third-order valence-corrected chi connectivity index (χ3v) is 3.20. The zero-order chi connectivity index (χ0) is 12.3. The number of benzene rings is 1. The van der Waals surface area contributed by atoms with Gasteiger partial charge in [-0.1, -0.05) is 6.07 Å². The maximum atomic E-state index is 10.4. The highest BCUT2D eigenvalue weighted by Crippen LogP contribution is 2.28. The molecular weight excluding hydrogens is 218 g/mol. The normalized spacial score (nSPS) is 18.5. The molecule has 0 saturated carbocycles. The van der Waals surface area contributed by atoms with E-state index in [1.54, 1.807) is 0 Å². The summed E-state index contributed by atoms with van der Waals surface area (Å²) in [6, 6.07) is 5.81. The van der Waals surface area contributed by atoms with Gasteiger partial charge in [0.25, 0.3) is 0 Å². The molecule has 0 fully saturated rings. The molecule has 2 rings (SSSR count). The molecule has 92 valence electrons. The Labute approximate surface area is 100 Å². The number of carboxylic acids is 1. The molecule has 0 aromatic heterocycles. The monoisotopic (exact) mass is 235 g/mol. The summed E-state index contributed by atoms with van der Waals surface area (Å²) in [5, 5.41) is 8.55. The van der Waals surface area contributed by atoms with Crippen LogP contribution < -0.4 is 10.5 Å². The lowest BCUT2D eigenvalue weighted by Gasteiger charge is -2.23. The van der Waals surface area contributed by atoms with Crippen LogP contribution in [0, 0.1) is 5.92 Å². The van der Waals surface area contributed by atoms with Gasteiger partial charge in [0.2, 0.25) is 0 Å². The standard InChI is InChI=1S/C13H17NO3/c14-7-9-1-2-10-3-4-12(6-11(10)5-9)17-8-13(15)16/h3-4,6,9H,1-2,5,7-8,14H2,(H,15,16). The van der Waals surface area contributed by atoms with E-state index in [2.05, 4.69) is 0 Å². The molecule has 1 aromatic carbocycles. The Morgan fingerprint density at radius 1 is 1.47 bits per heavy atom. The second-order valence-electron chi connectivity index (χ2n) is 4.46. The van der Waals surface area contributed by atoms with E-state index in [9.17, 15) is 4.79 Å². The number of hydrogen-bond acceptors (Lipinski definition) is 3. The Morgan fingerprint density at radius 3 is 3.00 bits per heavy atom. The molecule has 3 N–H and O–H groups in total. The van der Waals surface area contributed by atoms with Crippen molar-refractivity contribution in [3.05, 3.63) is 29.3 Å². The zero-order valence-electron chi connectivity index (χ0n) is 9.69. The van der Waals surface area contributed by atoms with Gasteiger partial charge in [-0.25, -0.2) is 4.79 Å². The molecule has 0 amide bonds. The molecule has 1 aliphatic rings. The van der Waals surface area contributed by atoms with Gasteiger partial charge in [-0.05, 0) is 55.0 Å². The fourth-order valence-electron chi connectivity index (χ4n) is 2.24. The van der Waals surface area contributed by atoms with Crippen molar-refractivity contribution in [3.63, 3.8) is 0 Å². The summed E-state index contributed by atoms with van der Waals surface area (Å²) in [5.41, 5.74) is 8.26. The number of carboxylic acid groups (broad SMARTS) is 1. The predicted octanol–water partition coefficient (Wildman–Crippen LogP) is 1.21. The van der Waals surface area contributed by atoms with Crippen LogP contribution in [0.2, 0.25) is 0 Å². The Kier molecular flexibility index (Phi) is 3.64. The van der Waals surface area contributed by atoms with Crippen molar-refractivity contribution < 1.29 is 14.6 Å². The molecule has 1 aliphatic carbocycles. The largest absolute Gasteiger partial charge is 0.482 e. The van der Waals surface area contributed by atoms with Gasteiger partial charge < -0.3 is 15.6 Å². The topological polar surface area (TPSA) is 72.5 Å². The van der Waals surface area contributed by atoms with Crippen molar-refractivity contribution in [1.82, 2.24) is 0 Å². The van der Waals surface area contributed by atoms with E-state index in [1.165, 1.54) is 11.1 Å². The lowest BCUT2D eigenvalue weighted by Crippen LogP contribution is -2.22. The molecule has 1 atom stereocenters. The minimum atomic E-state index is -0.956. The summed E-state index contributed by atoms with van der Waals surface area (Å²) in [5.74, 6) is 0.212. The van der Waals surface area contributed by atoms with E-state index in [4.69, 9.17) is 15.6 Å². The molecule has 0 saturated heterocycles. The summed E-state index contributed by atoms with van der Waals surface area (Å²) in [6.07, 6.45) is 3.16. The second kappa shape index (κ2) is 5.19. The van der Waals surface area contributed by atoms with Crippen LogP contribution in [-0.4, -0.2) is 24.2 Å². The van der Waals surface area contributed by atoms with Gasteiger partial charge in [0.15, 0.2) is 6.61 Å². The van der Waals surface area contributed by atoms with E-state index in [0.717, 1.165) is 19.3 Å². The maximum absolute atomic E-state index is 10.4. The third-order valence-electron chi connectivity index (χ3n) is 3.20. The van der Waals surface area contributed by atoms with Crippen molar-refractivity contribution in [3.8, 4) is 5.75 Å². The van der Waals surface area contributed by atoms with Gasteiger partial charge in [0.1, 0.15) is 5.75 Å². The number of carbonyl (C=O) groups is 1. The summed E-state index contributed by atoms with van der Waals surface area (Å²) in [4.78, 5) is 10.4. The first-order chi connectivity index (χ1) is 8.19. The fourth-order valence-corrected chi connectivity index (χ4v) is 2.24. The van der Waals surface area contributed by atoms with Gasteiger partial charge in [-0.3, -0.25) is 0 Å². The van der Waals surface area contributed by atoms with Crippen molar-refractivity contribution in [2.75, 3.05) is 13.2 Å². The highest BCUT2D eigenvalue weighted by molar-refractivity contribution is 5.68. The first-order valence-corrected chi connectivity index (χ1v) is 5.85. The van der Waals surface area contributed by atoms with Gasteiger partial charge in [0, 0.05) is 0 Å². The van der Waals surface area contributed by atoms with Crippen molar-refractivity contribution in [2.24, 2.45) is 11.7 Å². The number of rotatable bonds is 4. The minimum absolute atomic E-state index is 0.293. The number of fused-ring (bicyclic) bond motifs is 1. The van der Waals surface area contributed by atoms with Crippen LogP contribution in [0.4, 0.5) is 0 Å². The maximum Gasteiger partial charge on any atom is 0.341 e. The van der Waals surface area contributed by atoms with Crippen LogP contribution in [0.5, 0.6) is 5.75 Å². The number of aryl methyl sites for hydroxylation is 1. The van der Waals surface area contributed by atoms with Gasteiger partial charge in [-0.2, -0.15) is 0 Å². The third kappa shape index (κ3) is 2.97. The molecule has 17 heavy (non-hydrogen) atoms. The summed E-state index contributed by atoms with van der Waals surface area (Å²) in [6.45, 7) is 0.415. The average molecular weight is 235 g/mol. The zero-order valence-corrected chi connectivity index (χ0v) is 9.69. The minimum Gasteiger partial charge on any atom is -0.482 e. The Bertz CT molecular complexity index is 417. The molecular formula is C13H17NO3.